The normalized spacial score (nSPS) is 14.0. The van der Waals surface area contributed by atoms with Crippen molar-refractivity contribution in [1.82, 2.24) is 15.0 Å². The molecular weight excluding hydrogens is 703 g/mol. The molecular formula is C55H39N3. The Morgan fingerprint density at radius 2 is 0.759 bits per heavy atom. The first-order valence-corrected chi connectivity index (χ1v) is 20.0. The Kier molecular flexibility index (Phi) is 7.74. The van der Waals surface area contributed by atoms with E-state index >= 15 is 0 Å². The summed E-state index contributed by atoms with van der Waals surface area (Å²) in [6.45, 7) is 4.69. The molecule has 274 valence electrons. The third-order valence-electron chi connectivity index (χ3n) is 12.4. The highest BCUT2D eigenvalue weighted by Gasteiger charge is 2.47. The average Bonchev–Trinajstić information content (AvgIpc) is 3.72. The lowest BCUT2D eigenvalue weighted by molar-refractivity contribution is 0.660. The van der Waals surface area contributed by atoms with Crippen LogP contribution in [-0.4, -0.2) is 15.0 Å². The van der Waals surface area contributed by atoms with E-state index in [0.29, 0.717) is 17.5 Å². The molecule has 0 amide bonds. The molecule has 2 aliphatic carbocycles. The number of aromatic nitrogens is 3. The van der Waals surface area contributed by atoms with E-state index in [1.807, 2.05) is 36.4 Å². The molecule has 0 atom stereocenters. The first kappa shape index (κ1) is 34.1. The Labute approximate surface area is 339 Å². The van der Waals surface area contributed by atoms with Crippen LogP contribution in [0.4, 0.5) is 0 Å². The van der Waals surface area contributed by atoms with Crippen molar-refractivity contribution in [3.05, 3.63) is 234 Å². The van der Waals surface area contributed by atoms with Crippen molar-refractivity contribution in [2.45, 2.75) is 24.7 Å². The summed E-state index contributed by atoms with van der Waals surface area (Å²) in [6.07, 6.45) is 0. The van der Waals surface area contributed by atoms with Crippen molar-refractivity contribution in [3.8, 4) is 67.5 Å². The molecule has 0 bridgehead atoms. The maximum Gasteiger partial charge on any atom is 0.164 e. The fourth-order valence-electron chi connectivity index (χ4n) is 9.71. The second-order valence-electron chi connectivity index (χ2n) is 15.9. The zero-order valence-corrected chi connectivity index (χ0v) is 32.4. The second kappa shape index (κ2) is 13.2. The van der Waals surface area contributed by atoms with E-state index in [1.165, 1.54) is 55.6 Å². The van der Waals surface area contributed by atoms with Gasteiger partial charge in [0.05, 0.1) is 5.41 Å². The first-order chi connectivity index (χ1) is 28.5. The monoisotopic (exact) mass is 741 g/mol. The van der Waals surface area contributed by atoms with Gasteiger partial charge in [0.25, 0.3) is 0 Å². The van der Waals surface area contributed by atoms with E-state index in [2.05, 4.69) is 178 Å². The van der Waals surface area contributed by atoms with E-state index in [4.69, 9.17) is 15.0 Å². The summed E-state index contributed by atoms with van der Waals surface area (Å²) in [5, 5.41) is 0. The molecule has 0 N–H and O–H groups in total. The van der Waals surface area contributed by atoms with Gasteiger partial charge in [-0.1, -0.05) is 196 Å². The zero-order valence-electron chi connectivity index (χ0n) is 32.4. The minimum Gasteiger partial charge on any atom is -0.208 e. The highest BCUT2D eigenvalue weighted by Crippen LogP contribution is 2.58. The van der Waals surface area contributed by atoms with E-state index in [1.54, 1.807) is 0 Å². The van der Waals surface area contributed by atoms with E-state index in [9.17, 15) is 0 Å². The van der Waals surface area contributed by atoms with Crippen LogP contribution >= 0.6 is 0 Å². The Balaban J connectivity index is 1.25. The second-order valence-corrected chi connectivity index (χ2v) is 15.9. The minimum absolute atomic E-state index is 0.157. The van der Waals surface area contributed by atoms with Gasteiger partial charge in [0.15, 0.2) is 17.5 Å². The highest BCUT2D eigenvalue weighted by molar-refractivity contribution is 5.95. The number of nitrogens with zero attached hydrogens (tertiary/aromatic N) is 3. The molecule has 0 unspecified atom stereocenters. The average molecular weight is 742 g/mol. The number of hydrogen-bond donors (Lipinski definition) is 0. The van der Waals surface area contributed by atoms with Gasteiger partial charge >= 0.3 is 0 Å². The zero-order chi connectivity index (χ0) is 38.8. The molecule has 11 rings (SSSR count). The smallest absolute Gasteiger partial charge is 0.164 e. The summed E-state index contributed by atoms with van der Waals surface area (Å²) >= 11 is 0. The molecule has 9 aromatic rings. The highest BCUT2D eigenvalue weighted by atomic mass is 15.0. The van der Waals surface area contributed by atoms with Crippen molar-refractivity contribution >= 4 is 0 Å². The number of rotatable bonds is 6. The maximum atomic E-state index is 5.36. The number of hydrogen-bond acceptors (Lipinski definition) is 3. The van der Waals surface area contributed by atoms with Gasteiger partial charge in [-0.25, -0.2) is 15.0 Å². The fourth-order valence-corrected chi connectivity index (χ4v) is 9.71. The summed E-state index contributed by atoms with van der Waals surface area (Å²) in [4.78, 5) is 15.8. The third kappa shape index (κ3) is 5.10. The molecule has 0 radical (unpaired) electrons. The third-order valence-corrected chi connectivity index (χ3v) is 12.4. The van der Waals surface area contributed by atoms with Gasteiger partial charge in [0.1, 0.15) is 0 Å². The summed E-state index contributed by atoms with van der Waals surface area (Å²) in [5.41, 5.74) is 17.0. The van der Waals surface area contributed by atoms with Crippen LogP contribution in [0.5, 0.6) is 0 Å². The molecule has 0 spiro atoms. The van der Waals surface area contributed by atoms with E-state index < -0.39 is 5.41 Å². The maximum absolute atomic E-state index is 5.36. The van der Waals surface area contributed by atoms with Crippen LogP contribution in [0.3, 0.4) is 0 Å². The van der Waals surface area contributed by atoms with Crippen LogP contribution in [0, 0.1) is 0 Å². The molecule has 1 aromatic heterocycles. The largest absolute Gasteiger partial charge is 0.208 e. The van der Waals surface area contributed by atoms with Crippen LogP contribution in [0.25, 0.3) is 67.5 Å². The SMILES string of the molecule is CC1(C)c2ccccc2-c2ccc(-c3cc4c(cc3-c3nc(-c5ccccc5)nc(-c5ccccc5)n3)C(c3ccccc3)(c3ccccc3)c3ccccc3-4)cc21. The fraction of sp³-hybridized carbons (Fsp3) is 0.0727. The van der Waals surface area contributed by atoms with Gasteiger partial charge in [-0.15, -0.1) is 0 Å². The summed E-state index contributed by atoms with van der Waals surface area (Å²) in [6, 6.07) is 72.1. The van der Waals surface area contributed by atoms with Crippen LogP contribution in [-0.2, 0) is 10.8 Å². The molecule has 2 aliphatic rings. The van der Waals surface area contributed by atoms with Gasteiger partial charge in [0.2, 0.25) is 0 Å². The standard InChI is InChI=1S/C55H39N3/c1-54(2)47-29-17-15-27-41(47)43-32-31-38(33-49(43)54)44-34-45-42-28-16-18-30-48(42)55(39-23-11-5-12-24-39,40-25-13-6-14-26-40)50(45)35-46(44)53-57-51(36-19-7-3-8-20-36)56-52(58-53)37-21-9-4-10-22-37/h3-35H,1-2H3. The molecule has 0 fully saturated rings. The Bertz CT molecular complexity index is 2910. The van der Waals surface area contributed by atoms with E-state index in [0.717, 1.165) is 27.8 Å². The summed E-state index contributed by atoms with van der Waals surface area (Å²) in [5.74, 6) is 1.92. The Morgan fingerprint density at radius 3 is 1.34 bits per heavy atom. The molecule has 3 nitrogen and oxygen atoms in total. The number of fused-ring (bicyclic) bond motifs is 6. The topological polar surface area (TPSA) is 38.7 Å². The van der Waals surface area contributed by atoms with Crippen LogP contribution in [0.15, 0.2) is 200 Å². The lowest BCUT2D eigenvalue weighted by atomic mass is 9.67. The molecule has 3 heteroatoms. The Morgan fingerprint density at radius 1 is 0.293 bits per heavy atom. The van der Waals surface area contributed by atoms with Crippen molar-refractivity contribution in [3.63, 3.8) is 0 Å². The van der Waals surface area contributed by atoms with Gasteiger partial charge in [-0.3, -0.25) is 0 Å². The summed E-state index contributed by atoms with van der Waals surface area (Å²) < 4.78 is 0. The molecule has 0 saturated heterocycles. The van der Waals surface area contributed by atoms with Crippen molar-refractivity contribution in [2.24, 2.45) is 0 Å². The van der Waals surface area contributed by atoms with Gasteiger partial charge < -0.3 is 0 Å². The lowest BCUT2D eigenvalue weighted by Gasteiger charge is -2.34. The van der Waals surface area contributed by atoms with Gasteiger partial charge in [-0.2, -0.15) is 0 Å². The van der Waals surface area contributed by atoms with Crippen molar-refractivity contribution in [1.29, 1.82) is 0 Å². The predicted octanol–water partition coefficient (Wildman–Crippen LogP) is 13.2. The van der Waals surface area contributed by atoms with Crippen molar-refractivity contribution < 1.29 is 0 Å². The first-order valence-electron chi connectivity index (χ1n) is 20.0. The molecule has 1 heterocycles. The van der Waals surface area contributed by atoms with Crippen molar-refractivity contribution in [2.75, 3.05) is 0 Å². The summed E-state index contributed by atoms with van der Waals surface area (Å²) in [7, 11) is 0. The minimum atomic E-state index is -0.582. The quantitative estimate of drug-likeness (QED) is 0.170. The molecule has 0 saturated carbocycles. The molecule has 58 heavy (non-hydrogen) atoms. The number of benzene rings is 8. The van der Waals surface area contributed by atoms with Crippen LogP contribution in [0.2, 0.25) is 0 Å². The Hall–Kier alpha value is -7.23. The lowest BCUT2D eigenvalue weighted by Crippen LogP contribution is -2.28. The van der Waals surface area contributed by atoms with E-state index in [-0.39, 0.29) is 5.41 Å². The predicted molar refractivity (Wildman–Crippen MR) is 236 cm³/mol. The molecule has 0 aliphatic heterocycles. The van der Waals surface area contributed by atoms with Gasteiger partial charge in [0, 0.05) is 22.1 Å². The van der Waals surface area contributed by atoms with Crippen LogP contribution in [0.1, 0.15) is 47.2 Å². The van der Waals surface area contributed by atoms with Gasteiger partial charge in [-0.05, 0) is 85.0 Å². The molecule has 8 aromatic carbocycles. The van der Waals surface area contributed by atoms with Crippen LogP contribution < -0.4 is 0 Å².